The third-order valence-electron chi connectivity index (χ3n) is 1.56. The van der Waals surface area contributed by atoms with E-state index in [4.69, 9.17) is 10.0 Å². The first-order valence-corrected chi connectivity index (χ1v) is 3.43. The first-order chi connectivity index (χ1) is 5.66. The lowest BCUT2D eigenvalue weighted by atomic mass is 9.76. The maximum atomic E-state index is 12.9. The molecule has 1 rings (SSSR count). The molecule has 1 aromatic carbocycles. The van der Waals surface area contributed by atoms with Crippen LogP contribution in [-0.4, -0.2) is 17.2 Å². The minimum Gasteiger partial charge on any atom is -0.423 e. The lowest BCUT2D eigenvalue weighted by Gasteiger charge is -2.04. The fourth-order valence-corrected chi connectivity index (χ4v) is 1.00. The molecule has 0 saturated heterocycles. The number of benzene rings is 1. The Morgan fingerprint density at radius 2 is 2.08 bits per heavy atom. The Kier molecular flexibility index (Phi) is 2.63. The number of rotatable bonds is 2. The first kappa shape index (κ1) is 8.97. The highest BCUT2D eigenvalue weighted by molar-refractivity contribution is 6.59. The smallest absolute Gasteiger partial charge is 0.423 e. The van der Waals surface area contributed by atoms with Crippen LogP contribution in [0.3, 0.4) is 0 Å². The molecule has 62 valence electrons. The van der Waals surface area contributed by atoms with Gasteiger partial charge in [-0.3, -0.25) is 0 Å². The van der Waals surface area contributed by atoms with Crippen LogP contribution in [0.15, 0.2) is 24.8 Å². The Bertz CT molecular complexity index is 299. The molecule has 1 aromatic rings. The summed E-state index contributed by atoms with van der Waals surface area (Å²) < 4.78 is 12.9. The summed E-state index contributed by atoms with van der Waals surface area (Å²) in [6, 6.07) is 4.21. The van der Waals surface area contributed by atoms with Crippen LogP contribution < -0.4 is 5.46 Å². The van der Waals surface area contributed by atoms with E-state index < -0.39 is 12.9 Å². The molecule has 0 atom stereocenters. The average Bonchev–Trinajstić information content (AvgIpc) is 2.03. The number of hydrogen-bond donors (Lipinski definition) is 2. The van der Waals surface area contributed by atoms with Gasteiger partial charge < -0.3 is 10.0 Å². The summed E-state index contributed by atoms with van der Waals surface area (Å²) in [4.78, 5) is 0. The van der Waals surface area contributed by atoms with E-state index in [2.05, 4.69) is 6.58 Å². The summed E-state index contributed by atoms with van der Waals surface area (Å²) in [7, 11) is -1.79. The van der Waals surface area contributed by atoms with Crippen molar-refractivity contribution in [1.29, 1.82) is 0 Å². The van der Waals surface area contributed by atoms with Crippen LogP contribution in [0.2, 0.25) is 0 Å². The van der Waals surface area contributed by atoms with Gasteiger partial charge in [0.15, 0.2) is 0 Å². The Balaban J connectivity index is 3.29. The summed E-state index contributed by atoms with van der Waals surface area (Å²) >= 11 is 0. The second kappa shape index (κ2) is 3.52. The SMILES string of the molecule is C=Cc1cccc(F)c1B(O)O. The van der Waals surface area contributed by atoms with Crippen LogP contribution in [0.1, 0.15) is 5.56 Å². The zero-order valence-corrected chi connectivity index (χ0v) is 6.37. The Morgan fingerprint density at radius 1 is 1.42 bits per heavy atom. The van der Waals surface area contributed by atoms with Gasteiger partial charge in [-0.15, -0.1) is 0 Å². The van der Waals surface area contributed by atoms with E-state index in [1.165, 1.54) is 18.2 Å². The topological polar surface area (TPSA) is 40.5 Å². The van der Waals surface area contributed by atoms with Gasteiger partial charge in [0.2, 0.25) is 0 Å². The molecule has 0 aromatic heterocycles. The standard InChI is InChI=1S/C8H8BFO2/c1-2-6-4-3-5-7(10)8(6)9(11)12/h2-5,11-12H,1H2. The molecule has 12 heavy (non-hydrogen) atoms. The highest BCUT2D eigenvalue weighted by Crippen LogP contribution is 2.02. The molecule has 0 amide bonds. The van der Waals surface area contributed by atoms with Gasteiger partial charge in [-0.05, 0) is 11.6 Å². The Morgan fingerprint density at radius 3 is 2.50 bits per heavy atom. The maximum absolute atomic E-state index is 12.9. The second-order valence-electron chi connectivity index (χ2n) is 2.32. The summed E-state index contributed by atoms with van der Waals surface area (Å²) in [5, 5.41) is 17.6. The highest BCUT2D eigenvalue weighted by Gasteiger charge is 2.18. The number of halogens is 1. The van der Waals surface area contributed by atoms with Crippen molar-refractivity contribution < 1.29 is 14.4 Å². The van der Waals surface area contributed by atoms with Crippen molar-refractivity contribution >= 4 is 18.7 Å². The molecule has 0 aliphatic rings. The van der Waals surface area contributed by atoms with E-state index >= 15 is 0 Å². The summed E-state index contributed by atoms with van der Waals surface area (Å²) in [5.41, 5.74) is 0.262. The zero-order chi connectivity index (χ0) is 9.14. The van der Waals surface area contributed by atoms with Crippen molar-refractivity contribution in [1.82, 2.24) is 0 Å². The molecule has 2 N–H and O–H groups in total. The van der Waals surface area contributed by atoms with Crippen LogP contribution in [0.4, 0.5) is 4.39 Å². The van der Waals surface area contributed by atoms with E-state index in [9.17, 15) is 4.39 Å². The first-order valence-electron chi connectivity index (χ1n) is 3.43. The molecule has 0 unspecified atom stereocenters. The van der Waals surface area contributed by atoms with Crippen molar-refractivity contribution in [3.8, 4) is 0 Å². The molecule has 4 heteroatoms. The molecule has 0 fully saturated rings. The minimum atomic E-state index is -1.79. The molecule has 0 heterocycles. The second-order valence-corrected chi connectivity index (χ2v) is 2.32. The Hall–Kier alpha value is -1.13. The molecular formula is C8H8BFO2. The van der Waals surface area contributed by atoms with E-state index in [-0.39, 0.29) is 5.46 Å². The molecule has 0 spiro atoms. The molecule has 0 aliphatic carbocycles. The lowest BCUT2D eigenvalue weighted by molar-refractivity contribution is 0.423. The van der Waals surface area contributed by atoms with Gasteiger partial charge in [0.25, 0.3) is 0 Å². The van der Waals surface area contributed by atoms with Gasteiger partial charge in [0.1, 0.15) is 5.82 Å². The number of hydrogen-bond acceptors (Lipinski definition) is 2. The van der Waals surface area contributed by atoms with Crippen molar-refractivity contribution in [2.24, 2.45) is 0 Å². The minimum absolute atomic E-state index is 0.132. The van der Waals surface area contributed by atoms with Crippen LogP contribution in [-0.2, 0) is 0 Å². The third kappa shape index (κ3) is 1.54. The molecular weight excluding hydrogens is 158 g/mol. The van der Waals surface area contributed by atoms with Crippen molar-refractivity contribution in [2.45, 2.75) is 0 Å². The van der Waals surface area contributed by atoms with Crippen LogP contribution in [0.25, 0.3) is 6.08 Å². The van der Waals surface area contributed by atoms with Crippen molar-refractivity contribution in [3.05, 3.63) is 36.2 Å². The third-order valence-corrected chi connectivity index (χ3v) is 1.56. The normalized spacial score (nSPS) is 9.58. The van der Waals surface area contributed by atoms with Crippen molar-refractivity contribution in [3.63, 3.8) is 0 Å². The lowest BCUT2D eigenvalue weighted by Crippen LogP contribution is -2.34. The van der Waals surface area contributed by atoms with E-state index in [1.807, 2.05) is 0 Å². The molecule has 2 nitrogen and oxygen atoms in total. The average molecular weight is 166 g/mol. The highest BCUT2D eigenvalue weighted by atomic mass is 19.1. The van der Waals surface area contributed by atoms with E-state index in [0.29, 0.717) is 5.56 Å². The summed E-state index contributed by atoms with van der Waals surface area (Å²) in [6.45, 7) is 3.43. The largest absolute Gasteiger partial charge is 0.492 e. The van der Waals surface area contributed by atoms with Gasteiger partial charge in [0.05, 0.1) is 0 Å². The molecule has 0 bridgehead atoms. The van der Waals surface area contributed by atoms with E-state index in [1.54, 1.807) is 6.07 Å². The van der Waals surface area contributed by atoms with Crippen LogP contribution in [0, 0.1) is 5.82 Å². The van der Waals surface area contributed by atoms with Crippen LogP contribution in [0.5, 0.6) is 0 Å². The van der Waals surface area contributed by atoms with Gasteiger partial charge in [-0.2, -0.15) is 0 Å². The molecule has 0 saturated carbocycles. The summed E-state index contributed by atoms with van der Waals surface area (Å²) in [5.74, 6) is -0.637. The van der Waals surface area contributed by atoms with Gasteiger partial charge in [0, 0.05) is 5.46 Å². The summed E-state index contributed by atoms with van der Waals surface area (Å²) in [6.07, 6.45) is 1.37. The van der Waals surface area contributed by atoms with Gasteiger partial charge >= 0.3 is 7.12 Å². The fraction of sp³-hybridized carbons (Fsp3) is 0. The zero-order valence-electron chi connectivity index (χ0n) is 6.37. The molecule has 0 radical (unpaired) electrons. The predicted octanol–water partition coefficient (Wildman–Crippen LogP) is 0.149. The monoisotopic (exact) mass is 166 g/mol. The fourth-order valence-electron chi connectivity index (χ4n) is 1.00. The van der Waals surface area contributed by atoms with E-state index in [0.717, 1.165) is 0 Å². The maximum Gasteiger partial charge on any atom is 0.492 e. The van der Waals surface area contributed by atoms with Crippen molar-refractivity contribution in [2.75, 3.05) is 0 Å². The predicted molar refractivity (Wildman–Crippen MR) is 46.3 cm³/mol. The van der Waals surface area contributed by atoms with Gasteiger partial charge in [-0.1, -0.05) is 24.8 Å². The van der Waals surface area contributed by atoms with Gasteiger partial charge in [-0.25, -0.2) is 4.39 Å². The molecule has 0 aliphatic heterocycles. The van der Waals surface area contributed by atoms with Crippen LogP contribution >= 0.6 is 0 Å². The quantitative estimate of drug-likeness (QED) is 0.613. The Labute approximate surface area is 70.1 Å².